The molecule has 1 aliphatic rings. The van der Waals surface area contributed by atoms with Crippen LogP contribution in [0.2, 0.25) is 0 Å². The predicted octanol–water partition coefficient (Wildman–Crippen LogP) is 4.62. The molecule has 178 valence electrons. The standard InChI is InChI=1S/C24H32FN5O3/c1-4-13-33-24(32)29(3)20-9-11-30(12-10-20)16-18-6-8-21(25)22(14-18)28-23(31)27-19-7-5-17(2)26-15-19/h5-8,14-15,20H,4,9-13,16H2,1-3H3,(H2,27,28,31). The number of nitrogens with zero attached hydrogens (tertiary/aromatic N) is 3. The number of rotatable bonds is 7. The first-order chi connectivity index (χ1) is 15.9. The van der Waals surface area contributed by atoms with Gasteiger partial charge in [-0.1, -0.05) is 13.0 Å². The van der Waals surface area contributed by atoms with E-state index in [1.165, 1.54) is 6.07 Å². The van der Waals surface area contributed by atoms with Crippen molar-refractivity contribution in [1.29, 1.82) is 0 Å². The molecule has 0 atom stereocenters. The van der Waals surface area contributed by atoms with E-state index in [-0.39, 0.29) is 17.8 Å². The highest BCUT2D eigenvalue weighted by molar-refractivity contribution is 5.99. The zero-order chi connectivity index (χ0) is 23.8. The first-order valence-corrected chi connectivity index (χ1v) is 11.3. The average molecular weight is 458 g/mol. The lowest BCUT2D eigenvalue weighted by atomic mass is 10.0. The zero-order valence-electron chi connectivity index (χ0n) is 19.4. The highest BCUT2D eigenvalue weighted by Gasteiger charge is 2.26. The minimum atomic E-state index is -0.532. The summed E-state index contributed by atoms with van der Waals surface area (Å²) in [4.78, 5) is 32.4. The van der Waals surface area contributed by atoms with E-state index in [9.17, 15) is 14.0 Å². The monoisotopic (exact) mass is 457 g/mol. The normalized spacial score (nSPS) is 14.5. The van der Waals surface area contributed by atoms with Crippen molar-refractivity contribution >= 4 is 23.5 Å². The number of hydrogen-bond acceptors (Lipinski definition) is 5. The maximum atomic E-state index is 14.3. The average Bonchev–Trinajstić information content (AvgIpc) is 2.81. The summed E-state index contributed by atoms with van der Waals surface area (Å²) >= 11 is 0. The third-order valence-electron chi connectivity index (χ3n) is 5.68. The Bertz CT molecular complexity index is 946. The number of likely N-dealkylation sites (tertiary alicyclic amines) is 1. The molecule has 0 radical (unpaired) electrons. The van der Waals surface area contributed by atoms with Crippen LogP contribution in [0.25, 0.3) is 0 Å². The molecule has 1 aromatic heterocycles. The Labute approximate surface area is 194 Å². The van der Waals surface area contributed by atoms with Gasteiger partial charge in [-0.25, -0.2) is 14.0 Å². The van der Waals surface area contributed by atoms with Gasteiger partial charge in [0.05, 0.1) is 24.2 Å². The van der Waals surface area contributed by atoms with E-state index in [0.29, 0.717) is 18.8 Å². The van der Waals surface area contributed by atoms with Gasteiger partial charge in [-0.2, -0.15) is 0 Å². The number of benzene rings is 1. The van der Waals surface area contributed by atoms with E-state index in [1.54, 1.807) is 42.4 Å². The maximum absolute atomic E-state index is 14.3. The largest absolute Gasteiger partial charge is 0.449 e. The van der Waals surface area contributed by atoms with Crippen molar-refractivity contribution < 1.29 is 18.7 Å². The van der Waals surface area contributed by atoms with Crippen molar-refractivity contribution in [3.63, 3.8) is 0 Å². The number of carbonyl (C=O) groups is 2. The second kappa shape index (κ2) is 11.6. The molecule has 0 aliphatic carbocycles. The fourth-order valence-electron chi connectivity index (χ4n) is 3.76. The number of hydrogen-bond donors (Lipinski definition) is 2. The molecule has 2 N–H and O–H groups in total. The Morgan fingerprint density at radius 1 is 1.21 bits per heavy atom. The molecule has 1 fully saturated rings. The topological polar surface area (TPSA) is 86.8 Å². The number of piperidine rings is 1. The summed E-state index contributed by atoms with van der Waals surface area (Å²) in [7, 11) is 1.79. The molecule has 8 nitrogen and oxygen atoms in total. The molecule has 0 spiro atoms. The number of halogens is 1. The number of ether oxygens (including phenoxy) is 1. The third kappa shape index (κ3) is 7.15. The molecule has 9 heteroatoms. The van der Waals surface area contributed by atoms with E-state index < -0.39 is 11.8 Å². The number of pyridine rings is 1. The smallest absolute Gasteiger partial charge is 0.409 e. The Balaban J connectivity index is 1.52. The second-order valence-electron chi connectivity index (χ2n) is 8.31. The van der Waals surface area contributed by atoms with Crippen LogP contribution >= 0.6 is 0 Å². The first-order valence-electron chi connectivity index (χ1n) is 11.3. The molecule has 3 rings (SSSR count). The van der Waals surface area contributed by atoms with Gasteiger partial charge in [0, 0.05) is 38.4 Å². The minimum Gasteiger partial charge on any atom is -0.449 e. The van der Waals surface area contributed by atoms with E-state index in [2.05, 4.69) is 20.5 Å². The second-order valence-corrected chi connectivity index (χ2v) is 8.31. The number of carbonyl (C=O) groups excluding carboxylic acids is 2. The summed E-state index contributed by atoms with van der Waals surface area (Å²) in [5.41, 5.74) is 2.39. The molecule has 0 saturated carbocycles. The molecule has 0 bridgehead atoms. The van der Waals surface area contributed by atoms with Gasteiger partial charge in [0.25, 0.3) is 0 Å². The van der Waals surface area contributed by atoms with Gasteiger partial charge < -0.3 is 20.3 Å². The van der Waals surface area contributed by atoms with Crippen LogP contribution in [-0.4, -0.2) is 59.7 Å². The summed E-state index contributed by atoms with van der Waals surface area (Å²) in [5.74, 6) is -0.498. The van der Waals surface area contributed by atoms with Gasteiger partial charge in [0.15, 0.2) is 0 Å². The number of nitrogens with one attached hydrogen (secondary N) is 2. The number of anilines is 2. The van der Waals surface area contributed by atoms with Crippen molar-refractivity contribution in [2.75, 3.05) is 37.4 Å². The lowest BCUT2D eigenvalue weighted by Gasteiger charge is -2.36. The van der Waals surface area contributed by atoms with Crippen molar-refractivity contribution in [3.8, 4) is 0 Å². The summed E-state index contributed by atoms with van der Waals surface area (Å²) in [6, 6.07) is 7.88. The van der Waals surface area contributed by atoms with Crippen molar-refractivity contribution in [3.05, 3.63) is 53.6 Å². The van der Waals surface area contributed by atoms with Crippen molar-refractivity contribution in [2.24, 2.45) is 0 Å². The van der Waals surface area contributed by atoms with Crippen LogP contribution < -0.4 is 10.6 Å². The first kappa shape index (κ1) is 24.4. The molecule has 1 aliphatic heterocycles. The van der Waals surface area contributed by atoms with Crippen LogP contribution in [0.4, 0.5) is 25.4 Å². The van der Waals surface area contributed by atoms with Gasteiger partial charge in [0.1, 0.15) is 5.82 Å². The third-order valence-corrected chi connectivity index (χ3v) is 5.68. The Kier molecular flexibility index (Phi) is 8.59. The number of urea groups is 1. The van der Waals surface area contributed by atoms with Crippen LogP contribution in [0.3, 0.4) is 0 Å². The molecule has 0 unspecified atom stereocenters. The molecular weight excluding hydrogens is 425 g/mol. The van der Waals surface area contributed by atoms with E-state index in [0.717, 1.165) is 43.6 Å². The Morgan fingerprint density at radius 3 is 2.64 bits per heavy atom. The summed E-state index contributed by atoms with van der Waals surface area (Å²) < 4.78 is 19.5. The van der Waals surface area contributed by atoms with Gasteiger partial charge in [-0.15, -0.1) is 0 Å². The molecular formula is C24H32FN5O3. The maximum Gasteiger partial charge on any atom is 0.409 e. The van der Waals surface area contributed by atoms with E-state index in [1.807, 2.05) is 13.8 Å². The van der Waals surface area contributed by atoms with Crippen molar-refractivity contribution in [2.45, 2.75) is 45.7 Å². The van der Waals surface area contributed by atoms with Crippen LogP contribution in [0.15, 0.2) is 36.5 Å². The van der Waals surface area contributed by atoms with Crippen molar-refractivity contribution in [1.82, 2.24) is 14.8 Å². The lowest BCUT2D eigenvalue weighted by molar-refractivity contribution is 0.0757. The van der Waals surface area contributed by atoms with Crippen LogP contribution in [0.1, 0.15) is 37.4 Å². The van der Waals surface area contributed by atoms with Gasteiger partial charge in [0.2, 0.25) is 0 Å². The SMILES string of the molecule is CCCOC(=O)N(C)C1CCN(Cc2ccc(F)c(NC(=O)Nc3ccc(C)nc3)c2)CC1. The van der Waals surface area contributed by atoms with Crippen LogP contribution in [0.5, 0.6) is 0 Å². The molecule has 3 amide bonds. The Hall–Kier alpha value is -3.20. The van der Waals surface area contributed by atoms with E-state index >= 15 is 0 Å². The van der Waals surface area contributed by atoms with Gasteiger partial charge in [-0.3, -0.25) is 9.88 Å². The van der Waals surface area contributed by atoms with E-state index in [4.69, 9.17) is 4.74 Å². The number of aryl methyl sites for hydroxylation is 1. The number of amides is 3. The predicted molar refractivity (Wildman–Crippen MR) is 126 cm³/mol. The minimum absolute atomic E-state index is 0.123. The fraction of sp³-hybridized carbons (Fsp3) is 0.458. The highest BCUT2D eigenvalue weighted by atomic mass is 19.1. The molecule has 2 heterocycles. The molecule has 1 saturated heterocycles. The molecule has 1 aromatic carbocycles. The molecule has 33 heavy (non-hydrogen) atoms. The van der Waals surface area contributed by atoms with Gasteiger partial charge in [-0.05, 0) is 56.0 Å². The number of aromatic nitrogens is 1. The fourth-order valence-corrected chi connectivity index (χ4v) is 3.76. The van der Waals surface area contributed by atoms with Crippen LogP contribution in [0, 0.1) is 12.7 Å². The summed E-state index contributed by atoms with van der Waals surface area (Å²) in [5, 5.41) is 5.22. The quantitative estimate of drug-likeness (QED) is 0.634. The van der Waals surface area contributed by atoms with Crippen LogP contribution in [-0.2, 0) is 11.3 Å². The zero-order valence-corrected chi connectivity index (χ0v) is 19.4. The Morgan fingerprint density at radius 2 is 1.97 bits per heavy atom. The van der Waals surface area contributed by atoms with Gasteiger partial charge >= 0.3 is 12.1 Å². The summed E-state index contributed by atoms with van der Waals surface area (Å²) in [6.45, 7) is 6.52. The summed E-state index contributed by atoms with van der Waals surface area (Å²) in [6.07, 6.45) is 3.77. The lowest BCUT2D eigenvalue weighted by Crippen LogP contribution is -2.45. The molecule has 2 aromatic rings. The highest BCUT2D eigenvalue weighted by Crippen LogP contribution is 2.21.